The number of likely N-dealkylation sites (tertiary alicyclic amines) is 1. The number of nitrogens with zero attached hydrogens (tertiary/aromatic N) is 2. The molecule has 1 aromatic heterocycles. The van der Waals surface area contributed by atoms with E-state index in [4.69, 9.17) is 5.73 Å². The summed E-state index contributed by atoms with van der Waals surface area (Å²) in [4.78, 5) is 21.0. The number of H-pyrrole nitrogens is 1. The van der Waals surface area contributed by atoms with Gasteiger partial charge in [0.1, 0.15) is 5.69 Å². The van der Waals surface area contributed by atoms with Crippen LogP contribution < -0.4 is 11.1 Å². The Morgan fingerprint density at radius 2 is 2.04 bits per heavy atom. The van der Waals surface area contributed by atoms with Gasteiger partial charge in [-0.05, 0) is 57.1 Å². The molecule has 2 aromatic rings. The van der Waals surface area contributed by atoms with Gasteiger partial charge in [0.15, 0.2) is 5.96 Å². The quantitative estimate of drug-likeness (QED) is 0.422. The monoisotopic (exact) mass is 381 g/mol. The van der Waals surface area contributed by atoms with Gasteiger partial charge in [0.25, 0.3) is 5.91 Å². The summed E-state index contributed by atoms with van der Waals surface area (Å²) in [5, 5.41) is 2.79. The van der Waals surface area contributed by atoms with Gasteiger partial charge < -0.3 is 20.9 Å². The number of aliphatic imine (C=N–C) groups is 1. The molecule has 6 nitrogen and oxygen atoms in total. The molecule has 0 atom stereocenters. The van der Waals surface area contributed by atoms with Crippen molar-refractivity contribution in [2.75, 3.05) is 26.2 Å². The Kier molecular flexibility index (Phi) is 5.69. The second kappa shape index (κ2) is 7.99. The number of carbonyl (C=O) groups is 1. The minimum atomic E-state index is -4.50. The molecule has 1 aliphatic heterocycles. The fourth-order valence-electron chi connectivity index (χ4n) is 3.25. The molecule has 0 saturated carbocycles. The Morgan fingerprint density at radius 3 is 2.74 bits per heavy atom. The number of alkyl halides is 3. The molecule has 146 valence electrons. The highest BCUT2D eigenvalue weighted by Crippen LogP contribution is 2.35. The van der Waals surface area contributed by atoms with Crippen molar-refractivity contribution in [1.82, 2.24) is 15.2 Å². The van der Waals surface area contributed by atoms with Crippen LogP contribution in [-0.2, 0) is 6.18 Å². The second-order valence-corrected chi connectivity index (χ2v) is 6.58. The molecule has 0 unspecified atom stereocenters. The number of hydrogen-bond donors (Lipinski definition) is 3. The number of guanidine groups is 1. The first-order chi connectivity index (χ1) is 12.8. The van der Waals surface area contributed by atoms with Gasteiger partial charge in [-0.15, -0.1) is 0 Å². The van der Waals surface area contributed by atoms with Crippen LogP contribution in [0.2, 0.25) is 0 Å². The van der Waals surface area contributed by atoms with Crippen molar-refractivity contribution in [3.63, 3.8) is 0 Å². The number of benzene rings is 1. The number of halogens is 3. The topological polar surface area (TPSA) is 86.5 Å². The van der Waals surface area contributed by atoms with E-state index in [0.29, 0.717) is 6.54 Å². The maximum atomic E-state index is 13.1. The van der Waals surface area contributed by atoms with Crippen LogP contribution in [0.3, 0.4) is 0 Å². The van der Waals surface area contributed by atoms with Crippen LogP contribution in [0.4, 0.5) is 13.2 Å². The van der Waals surface area contributed by atoms with Gasteiger partial charge in [-0.1, -0.05) is 6.07 Å². The van der Waals surface area contributed by atoms with E-state index in [1.807, 2.05) is 0 Å². The molecular formula is C18H22F3N5O. The lowest BCUT2D eigenvalue weighted by Gasteiger charge is -2.14. The van der Waals surface area contributed by atoms with Gasteiger partial charge >= 0.3 is 6.18 Å². The average molecular weight is 381 g/mol. The third-order valence-corrected chi connectivity index (χ3v) is 4.58. The number of aromatic nitrogens is 1. The Balaban J connectivity index is 1.62. The molecule has 0 bridgehead atoms. The predicted molar refractivity (Wildman–Crippen MR) is 97.5 cm³/mol. The largest absolute Gasteiger partial charge is 0.417 e. The zero-order valence-corrected chi connectivity index (χ0v) is 14.8. The maximum Gasteiger partial charge on any atom is 0.417 e. The van der Waals surface area contributed by atoms with Crippen molar-refractivity contribution >= 4 is 22.8 Å². The molecule has 3 rings (SSSR count). The van der Waals surface area contributed by atoms with Crippen LogP contribution in [0.5, 0.6) is 0 Å². The summed E-state index contributed by atoms with van der Waals surface area (Å²) in [6, 6.07) is 4.90. The molecule has 4 N–H and O–H groups in total. The SMILES string of the molecule is NC(=NC(=O)c1cc2c(C(F)(F)F)cccc2[nH]1)NCCCN1CCCC1. The summed E-state index contributed by atoms with van der Waals surface area (Å²) in [7, 11) is 0. The summed E-state index contributed by atoms with van der Waals surface area (Å²) in [5.74, 6) is -0.764. The van der Waals surface area contributed by atoms with Crippen LogP contribution in [0.1, 0.15) is 35.3 Å². The molecule has 1 aromatic carbocycles. The zero-order valence-electron chi connectivity index (χ0n) is 14.8. The molecule has 1 fully saturated rings. The van der Waals surface area contributed by atoms with Gasteiger partial charge in [0.2, 0.25) is 0 Å². The molecule has 1 saturated heterocycles. The van der Waals surface area contributed by atoms with Crippen molar-refractivity contribution in [2.24, 2.45) is 10.7 Å². The Morgan fingerprint density at radius 1 is 1.30 bits per heavy atom. The van der Waals surface area contributed by atoms with Gasteiger partial charge in [-0.3, -0.25) is 4.79 Å². The third-order valence-electron chi connectivity index (χ3n) is 4.58. The highest BCUT2D eigenvalue weighted by atomic mass is 19.4. The molecule has 0 radical (unpaired) electrons. The van der Waals surface area contributed by atoms with E-state index in [1.54, 1.807) is 0 Å². The lowest BCUT2D eigenvalue weighted by molar-refractivity contribution is -0.136. The smallest absolute Gasteiger partial charge is 0.370 e. The van der Waals surface area contributed by atoms with Gasteiger partial charge in [0.05, 0.1) is 5.56 Å². The van der Waals surface area contributed by atoms with Gasteiger partial charge in [0, 0.05) is 17.4 Å². The first kappa shape index (κ1) is 19.2. The van der Waals surface area contributed by atoms with Crippen LogP contribution >= 0.6 is 0 Å². The lowest BCUT2D eigenvalue weighted by Crippen LogP contribution is -2.34. The highest BCUT2D eigenvalue weighted by Gasteiger charge is 2.33. The van der Waals surface area contributed by atoms with Crippen molar-refractivity contribution in [2.45, 2.75) is 25.4 Å². The molecule has 1 aliphatic rings. The molecule has 1 amide bonds. The van der Waals surface area contributed by atoms with Gasteiger partial charge in [-0.25, -0.2) is 0 Å². The van der Waals surface area contributed by atoms with E-state index in [9.17, 15) is 18.0 Å². The lowest BCUT2D eigenvalue weighted by atomic mass is 10.1. The number of nitrogens with one attached hydrogen (secondary N) is 2. The molecule has 27 heavy (non-hydrogen) atoms. The summed E-state index contributed by atoms with van der Waals surface area (Å²) in [5.41, 5.74) is 5.10. The zero-order chi connectivity index (χ0) is 19.4. The third kappa shape index (κ3) is 4.79. The molecular weight excluding hydrogens is 359 g/mol. The summed E-state index contributed by atoms with van der Waals surface area (Å²) in [6.07, 6.45) is -1.18. The summed E-state index contributed by atoms with van der Waals surface area (Å²) >= 11 is 0. The number of fused-ring (bicyclic) bond motifs is 1. The predicted octanol–water partition coefficient (Wildman–Crippen LogP) is 2.72. The van der Waals surface area contributed by atoms with E-state index in [-0.39, 0.29) is 22.6 Å². The fourth-order valence-corrected chi connectivity index (χ4v) is 3.25. The first-order valence-electron chi connectivity index (χ1n) is 8.88. The standard InChI is InChI=1S/C18H22F3N5O/c19-18(20,21)13-5-3-6-14-12(13)11-15(24-14)16(27)25-17(22)23-7-4-10-26-8-1-2-9-26/h3,5-6,11,24H,1-2,4,7-10H2,(H3,22,23,25,27). The number of nitrogens with two attached hydrogens (primary N) is 1. The maximum absolute atomic E-state index is 13.1. The fraction of sp³-hybridized carbons (Fsp3) is 0.444. The van der Waals surface area contributed by atoms with Crippen LogP contribution in [0, 0.1) is 0 Å². The number of rotatable bonds is 5. The van der Waals surface area contributed by atoms with Crippen molar-refractivity contribution in [1.29, 1.82) is 0 Å². The summed E-state index contributed by atoms with van der Waals surface area (Å²) < 4.78 is 39.2. The van der Waals surface area contributed by atoms with Crippen LogP contribution in [0.15, 0.2) is 29.3 Å². The number of amides is 1. The van der Waals surface area contributed by atoms with E-state index < -0.39 is 17.6 Å². The van der Waals surface area contributed by atoms with Crippen LogP contribution in [0.25, 0.3) is 10.9 Å². The second-order valence-electron chi connectivity index (χ2n) is 6.58. The van der Waals surface area contributed by atoms with Crippen LogP contribution in [-0.4, -0.2) is 47.9 Å². The number of aromatic amines is 1. The van der Waals surface area contributed by atoms with Crippen molar-refractivity contribution < 1.29 is 18.0 Å². The van der Waals surface area contributed by atoms with Crippen molar-refractivity contribution in [3.05, 3.63) is 35.5 Å². The molecule has 9 heteroatoms. The van der Waals surface area contributed by atoms with Gasteiger partial charge in [-0.2, -0.15) is 18.2 Å². The van der Waals surface area contributed by atoms with E-state index in [2.05, 4.69) is 20.2 Å². The van der Waals surface area contributed by atoms with E-state index in [0.717, 1.165) is 38.2 Å². The highest BCUT2D eigenvalue weighted by molar-refractivity contribution is 6.04. The van der Waals surface area contributed by atoms with E-state index >= 15 is 0 Å². The Hall–Kier alpha value is -2.55. The number of carbonyl (C=O) groups excluding carboxylic acids is 1. The Labute approximate surface area is 154 Å². The molecule has 0 aliphatic carbocycles. The molecule has 2 heterocycles. The minimum Gasteiger partial charge on any atom is -0.370 e. The van der Waals surface area contributed by atoms with Crippen molar-refractivity contribution in [3.8, 4) is 0 Å². The average Bonchev–Trinajstić information content (AvgIpc) is 3.26. The van der Waals surface area contributed by atoms with E-state index in [1.165, 1.54) is 25.0 Å². The minimum absolute atomic E-state index is 0.0384. The molecule has 0 spiro atoms. The summed E-state index contributed by atoms with van der Waals surface area (Å²) in [6.45, 7) is 3.76. The first-order valence-corrected chi connectivity index (χ1v) is 8.88. The Bertz CT molecular complexity index is 837. The number of hydrogen-bond acceptors (Lipinski definition) is 2. The normalized spacial score (nSPS) is 16.2.